The first-order valence-electron chi connectivity index (χ1n) is 8.14. The van der Waals surface area contributed by atoms with Gasteiger partial charge in [0, 0.05) is 53.9 Å². The largest absolute Gasteiger partial charge is 0.494 e. The molecule has 126 valence electrons. The maximum atomic E-state index is 14.1. The molecule has 1 atom stereocenters. The molecule has 6 nitrogen and oxygen atoms in total. The number of aromatic hydroxyl groups is 1. The molecule has 3 aromatic rings. The van der Waals surface area contributed by atoms with Gasteiger partial charge < -0.3 is 20.7 Å². The number of anilines is 1. The quantitative estimate of drug-likeness (QED) is 0.587. The number of fused-ring (bicyclic) bond motifs is 4. The van der Waals surface area contributed by atoms with Gasteiger partial charge >= 0.3 is 0 Å². The van der Waals surface area contributed by atoms with Crippen molar-refractivity contribution < 1.29 is 9.50 Å². The lowest BCUT2D eigenvalue weighted by molar-refractivity contribution is 0.331. The number of amidine groups is 1. The normalized spacial score (nSPS) is 21.6. The fraction of sp³-hybridized carbons (Fsp3) is 0.222. The first-order chi connectivity index (χ1) is 12.1. The predicted molar refractivity (Wildman–Crippen MR) is 93.2 cm³/mol. The maximum absolute atomic E-state index is 14.1. The molecule has 1 aromatic carbocycles. The van der Waals surface area contributed by atoms with Crippen molar-refractivity contribution >= 4 is 22.3 Å². The van der Waals surface area contributed by atoms with Crippen molar-refractivity contribution in [2.75, 3.05) is 5.32 Å². The average molecular weight is 337 g/mol. The van der Waals surface area contributed by atoms with Crippen LogP contribution in [0.5, 0.6) is 5.88 Å². The van der Waals surface area contributed by atoms with Crippen LogP contribution in [-0.2, 0) is 13.0 Å². The number of rotatable bonds is 0. The van der Waals surface area contributed by atoms with Crippen molar-refractivity contribution in [3.63, 3.8) is 0 Å². The van der Waals surface area contributed by atoms with Gasteiger partial charge in [-0.05, 0) is 18.2 Å². The van der Waals surface area contributed by atoms with E-state index in [1.54, 1.807) is 24.5 Å². The van der Waals surface area contributed by atoms with E-state index < -0.39 is 5.66 Å². The second kappa shape index (κ2) is 4.72. The Labute approximate surface area is 142 Å². The number of nitrogens with zero attached hydrogens (tertiary/aromatic N) is 3. The Balaban J connectivity index is 1.65. The summed E-state index contributed by atoms with van der Waals surface area (Å²) in [5.41, 5.74) is 7.38. The van der Waals surface area contributed by atoms with Crippen LogP contribution in [0.4, 0.5) is 10.1 Å². The van der Waals surface area contributed by atoms with Crippen LogP contribution >= 0.6 is 0 Å². The standard InChI is InChI=1S/C18H16FN5O/c19-12-2-1-3-13-15(12)16(20)23-18(22-13)5-7-24-14(8-18)11-9-21-6-4-10(11)17(24)25/h1-4,6,9,22,25H,5,7-8H2,(H2,20,23)/t18-/m1/s1. The van der Waals surface area contributed by atoms with Gasteiger partial charge in [-0.15, -0.1) is 0 Å². The van der Waals surface area contributed by atoms with Crippen molar-refractivity contribution in [2.45, 2.75) is 25.0 Å². The van der Waals surface area contributed by atoms with E-state index in [4.69, 9.17) is 5.73 Å². The van der Waals surface area contributed by atoms with Crippen molar-refractivity contribution in [3.05, 3.63) is 53.7 Å². The van der Waals surface area contributed by atoms with E-state index in [0.29, 0.717) is 30.6 Å². The topological polar surface area (TPSA) is 88.5 Å². The van der Waals surface area contributed by atoms with Gasteiger partial charge in [0.05, 0.1) is 5.56 Å². The Morgan fingerprint density at radius 1 is 1.28 bits per heavy atom. The second-order valence-corrected chi connectivity index (χ2v) is 6.59. The lowest BCUT2D eigenvalue weighted by Crippen LogP contribution is -2.48. The first-order valence-corrected chi connectivity index (χ1v) is 8.14. The number of nitrogens with two attached hydrogens (primary N) is 1. The summed E-state index contributed by atoms with van der Waals surface area (Å²) in [6, 6.07) is 6.65. The van der Waals surface area contributed by atoms with E-state index in [-0.39, 0.29) is 17.5 Å². The molecule has 5 rings (SSSR count). The molecule has 1 spiro atoms. The second-order valence-electron chi connectivity index (χ2n) is 6.59. The molecule has 0 amide bonds. The first kappa shape index (κ1) is 14.3. The molecule has 2 aliphatic heterocycles. The van der Waals surface area contributed by atoms with Crippen LogP contribution in [0.3, 0.4) is 0 Å². The van der Waals surface area contributed by atoms with Gasteiger partial charge in [-0.3, -0.25) is 4.98 Å². The van der Waals surface area contributed by atoms with Crippen LogP contribution in [-0.4, -0.2) is 26.2 Å². The molecular weight excluding hydrogens is 321 g/mol. The van der Waals surface area contributed by atoms with Gasteiger partial charge in [0.15, 0.2) is 5.88 Å². The van der Waals surface area contributed by atoms with Crippen LogP contribution in [0.25, 0.3) is 10.8 Å². The predicted octanol–water partition coefficient (Wildman–Crippen LogP) is 2.35. The zero-order valence-electron chi connectivity index (χ0n) is 13.3. The molecular formula is C18H16FN5O. The highest BCUT2D eigenvalue weighted by Crippen LogP contribution is 2.41. The van der Waals surface area contributed by atoms with Crippen molar-refractivity contribution in [1.29, 1.82) is 0 Å². The van der Waals surface area contributed by atoms with Crippen LogP contribution < -0.4 is 11.1 Å². The molecule has 0 saturated heterocycles. The van der Waals surface area contributed by atoms with Crippen molar-refractivity contribution in [3.8, 4) is 5.88 Å². The zero-order chi connectivity index (χ0) is 17.2. The molecule has 4 heterocycles. The monoisotopic (exact) mass is 337 g/mol. The summed E-state index contributed by atoms with van der Waals surface area (Å²) in [4.78, 5) is 8.79. The number of pyridine rings is 1. The molecule has 7 heteroatoms. The lowest BCUT2D eigenvalue weighted by atomic mass is 9.92. The Kier molecular flexibility index (Phi) is 2.69. The van der Waals surface area contributed by atoms with E-state index in [1.165, 1.54) is 6.07 Å². The molecule has 0 bridgehead atoms. The van der Waals surface area contributed by atoms with Gasteiger partial charge in [-0.1, -0.05) is 6.07 Å². The Morgan fingerprint density at radius 2 is 2.16 bits per heavy atom. The lowest BCUT2D eigenvalue weighted by Gasteiger charge is -2.39. The Morgan fingerprint density at radius 3 is 3.04 bits per heavy atom. The summed E-state index contributed by atoms with van der Waals surface area (Å²) in [7, 11) is 0. The van der Waals surface area contributed by atoms with E-state index in [1.807, 2.05) is 10.6 Å². The minimum Gasteiger partial charge on any atom is -0.494 e. The molecule has 4 N–H and O–H groups in total. The summed E-state index contributed by atoms with van der Waals surface area (Å²) in [6.07, 6.45) is 4.59. The molecule has 0 fully saturated rings. The molecule has 0 saturated carbocycles. The summed E-state index contributed by atoms with van der Waals surface area (Å²) in [5, 5.41) is 15.5. The van der Waals surface area contributed by atoms with Gasteiger partial charge in [0.1, 0.15) is 17.3 Å². The minimum atomic E-state index is -0.644. The number of aromatic nitrogens is 2. The number of benzene rings is 1. The summed E-state index contributed by atoms with van der Waals surface area (Å²) >= 11 is 0. The zero-order valence-corrected chi connectivity index (χ0v) is 13.3. The van der Waals surface area contributed by atoms with Crippen LogP contribution in [0, 0.1) is 5.82 Å². The highest BCUT2D eigenvalue weighted by molar-refractivity contribution is 6.04. The SMILES string of the molecule is NC1=N[C@@]2(CCn3c(O)c4ccncc4c3C2)Nc2cccc(F)c21. The third-order valence-electron chi connectivity index (χ3n) is 5.13. The van der Waals surface area contributed by atoms with Crippen LogP contribution in [0.1, 0.15) is 17.7 Å². The Hall–Kier alpha value is -3.09. The van der Waals surface area contributed by atoms with Crippen LogP contribution in [0.2, 0.25) is 0 Å². The molecule has 2 aromatic heterocycles. The number of halogens is 1. The third-order valence-corrected chi connectivity index (χ3v) is 5.13. The fourth-order valence-corrected chi connectivity index (χ4v) is 3.99. The molecule has 2 aliphatic rings. The number of hydrogen-bond acceptors (Lipinski definition) is 5. The van der Waals surface area contributed by atoms with Gasteiger partial charge in [-0.2, -0.15) is 0 Å². The minimum absolute atomic E-state index is 0.207. The molecule has 0 radical (unpaired) electrons. The van der Waals surface area contributed by atoms with E-state index in [9.17, 15) is 9.50 Å². The summed E-state index contributed by atoms with van der Waals surface area (Å²) in [5.74, 6) is 0.0764. The number of hydrogen-bond donors (Lipinski definition) is 3. The summed E-state index contributed by atoms with van der Waals surface area (Å²) in [6.45, 7) is 0.588. The molecule has 25 heavy (non-hydrogen) atoms. The highest BCUT2D eigenvalue weighted by Gasteiger charge is 2.40. The fourth-order valence-electron chi connectivity index (χ4n) is 3.99. The average Bonchev–Trinajstić information content (AvgIpc) is 2.87. The van der Waals surface area contributed by atoms with Crippen LogP contribution in [0.15, 0.2) is 41.7 Å². The van der Waals surface area contributed by atoms with Gasteiger partial charge in [0.25, 0.3) is 0 Å². The maximum Gasteiger partial charge on any atom is 0.199 e. The van der Waals surface area contributed by atoms with Crippen molar-refractivity contribution in [1.82, 2.24) is 9.55 Å². The van der Waals surface area contributed by atoms with Gasteiger partial charge in [0.2, 0.25) is 0 Å². The smallest absolute Gasteiger partial charge is 0.199 e. The molecule has 0 unspecified atom stereocenters. The molecule has 0 aliphatic carbocycles. The van der Waals surface area contributed by atoms with Gasteiger partial charge in [-0.25, -0.2) is 9.38 Å². The van der Waals surface area contributed by atoms with Crippen molar-refractivity contribution in [2.24, 2.45) is 10.7 Å². The van der Waals surface area contributed by atoms with E-state index in [2.05, 4.69) is 15.3 Å². The number of aliphatic imine (C=N–C) groups is 1. The van der Waals surface area contributed by atoms with E-state index >= 15 is 0 Å². The number of nitrogens with one attached hydrogen (secondary N) is 1. The van der Waals surface area contributed by atoms with E-state index in [0.717, 1.165) is 16.5 Å². The highest BCUT2D eigenvalue weighted by atomic mass is 19.1. The third kappa shape index (κ3) is 1.89. The summed E-state index contributed by atoms with van der Waals surface area (Å²) < 4.78 is 16.0. The Bertz CT molecular complexity index is 1060.